The summed E-state index contributed by atoms with van der Waals surface area (Å²) in [4.78, 5) is 25.2. The first-order valence-corrected chi connectivity index (χ1v) is 12.3. The molecule has 178 valence electrons. The van der Waals surface area contributed by atoms with Crippen LogP contribution in [0.5, 0.6) is 0 Å². The van der Waals surface area contributed by atoms with Crippen LogP contribution in [0.3, 0.4) is 0 Å². The molecule has 6 heteroatoms. The lowest BCUT2D eigenvalue weighted by Gasteiger charge is -2.37. The summed E-state index contributed by atoms with van der Waals surface area (Å²) in [6.45, 7) is 12.8. The van der Waals surface area contributed by atoms with Crippen LogP contribution in [0.15, 0.2) is 0 Å². The maximum atomic E-state index is 12.7. The number of aliphatic hydroxyl groups excluding tert-OH is 2. The Kier molecular flexibility index (Phi) is 7.42. The molecule has 0 aromatic rings. The molecule has 1 spiro atoms. The summed E-state index contributed by atoms with van der Waals surface area (Å²) < 4.78 is 11.3. The van der Waals surface area contributed by atoms with Gasteiger partial charge in [-0.15, -0.1) is 0 Å². The van der Waals surface area contributed by atoms with E-state index < -0.39 is 24.1 Å². The third kappa shape index (κ3) is 4.80. The van der Waals surface area contributed by atoms with E-state index in [2.05, 4.69) is 41.5 Å². The van der Waals surface area contributed by atoms with Gasteiger partial charge in [0.1, 0.15) is 12.2 Å². The smallest absolute Gasteiger partial charge is 0.338 e. The standard InChI is InChI=1S/C25H42O6/c1-13(2)18-8-7-14(3)11-19(18)30-23(28)21(26)22(27)24(29)31-20-12-15(4)9-10-25(20)16(5)17(25)6/h13-22,26-27H,7-12H2,1-6H3/t14-,15-,16?,17?,18+,19-,20-,21-,22-,25?/m1/s1. The fourth-order valence-electron chi connectivity index (χ4n) is 6.39. The van der Waals surface area contributed by atoms with E-state index in [-0.39, 0.29) is 23.5 Å². The summed E-state index contributed by atoms with van der Waals surface area (Å²) in [5.41, 5.74) is -0.0317. The second kappa shape index (κ2) is 9.38. The summed E-state index contributed by atoms with van der Waals surface area (Å²) in [6.07, 6.45) is 1.23. The molecule has 3 rings (SSSR count). The Bertz CT molecular complexity index is 652. The number of hydrogen-bond donors (Lipinski definition) is 2. The van der Waals surface area contributed by atoms with Crippen LogP contribution in [-0.2, 0) is 19.1 Å². The van der Waals surface area contributed by atoms with Gasteiger partial charge in [-0.25, -0.2) is 9.59 Å². The molecular formula is C25H42O6. The molecule has 3 saturated carbocycles. The first kappa shape index (κ1) is 24.5. The molecule has 3 aliphatic rings. The quantitative estimate of drug-likeness (QED) is 0.614. The molecule has 0 aromatic carbocycles. The highest BCUT2D eigenvalue weighted by molar-refractivity contribution is 5.85. The van der Waals surface area contributed by atoms with Gasteiger partial charge in [0, 0.05) is 5.41 Å². The molecule has 0 aliphatic heterocycles. The van der Waals surface area contributed by atoms with Crippen LogP contribution in [-0.4, -0.2) is 46.6 Å². The molecule has 3 fully saturated rings. The fraction of sp³-hybridized carbons (Fsp3) is 0.920. The Hall–Kier alpha value is -1.14. The van der Waals surface area contributed by atoms with E-state index in [0.29, 0.717) is 29.6 Å². The number of carbonyl (C=O) groups excluding carboxylic acids is 2. The van der Waals surface area contributed by atoms with E-state index in [1.54, 1.807) is 0 Å². The maximum absolute atomic E-state index is 12.7. The van der Waals surface area contributed by atoms with Crippen LogP contribution in [0.2, 0.25) is 0 Å². The molecule has 0 radical (unpaired) electrons. The predicted molar refractivity (Wildman–Crippen MR) is 117 cm³/mol. The Morgan fingerprint density at radius 3 is 1.94 bits per heavy atom. The maximum Gasteiger partial charge on any atom is 0.338 e. The van der Waals surface area contributed by atoms with Gasteiger partial charge < -0.3 is 19.7 Å². The van der Waals surface area contributed by atoms with Gasteiger partial charge in [0.25, 0.3) is 0 Å². The Morgan fingerprint density at radius 1 is 0.839 bits per heavy atom. The minimum atomic E-state index is -1.93. The number of hydrogen-bond acceptors (Lipinski definition) is 6. The van der Waals surface area contributed by atoms with Crippen molar-refractivity contribution in [3.63, 3.8) is 0 Å². The second-order valence-electron chi connectivity index (χ2n) is 11.2. The SMILES string of the molecule is CC(C)[C@@H]1CC[C@@H](C)C[C@H]1OC(=O)[C@H](O)[C@@H](O)C(=O)O[C@@H]1C[C@H](C)CCC12C(C)C2C. The van der Waals surface area contributed by atoms with E-state index in [4.69, 9.17) is 9.47 Å². The third-order valence-electron chi connectivity index (χ3n) is 8.89. The average molecular weight is 439 g/mol. The first-order chi connectivity index (χ1) is 14.5. The van der Waals surface area contributed by atoms with Crippen molar-refractivity contribution >= 4 is 11.9 Å². The lowest BCUT2D eigenvalue weighted by molar-refractivity contribution is -0.186. The van der Waals surface area contributed by atoms with Crippen molar-refractivity contribution in [2.45, 2.75) is 104 Å². The lowest BCUT2D eigenvalue weighted by Crippen LogP contribution is -2.47. The molecule has 0 saturated heterocycles. The van der Waals surface area contributed by atoms with Crippen molar-refractivity contribution in [3.05, 3.63) is 0 Å². The minimum Gasteiger partial charge on any atom is -0.460 e. The average Bonchev–Trinajstić information content (AvgIpc) is 3.23. The normalized spacial score (nSPS) is 42.2. The van der Waals surface area contributed by atoms with Gasteiger partial charge in [-0.2, -0.15) is 0 Å². The zero-order chi connectivity index (χ0) is 23.1. The Balaban J connectivity index is 1.60. The van der Waals surface area contributed by atoms with Crippen LogP contribution in [0.1, 0.15) is 80.1 Å². The van der Waals surface area contributed by atoms with Crippen LogP contribution in [0, 0.1) is 40.9 Å². The van der Waals surface area contributed by atoms with Gasteiger partial charge in [-0.1, -0.05) is 48.0 Å². The fourth-order valence-corrected chi connectivity index (χ4v) is 6.39. The van der Waals surface area contributed by atoms with Crippen LogP contribution in [0.4, 0.5) is 0 Å². The highest BCUT2D eigenvalue weighted by Gasteiger charge is 2.65. The largest absolute Gasteiger partial charge is 0.460 e. The van der Waals surface area contributed by atoms with Crippen LogP contribution in [0.25, 0.3) is 0 Å². The van der Waals surface area contributed by atoms with Crippen molar-refractivity contribution in [1.82, 2.24) is 0 Å². The van der Waals surface area contributed by atoms with Gasteiger partial charge in [-0.3, -0.25) is 0 Å². The molecule has 0 bridgehead atoms. The zero-order valence-corrected chi connectivity index (χ0v) is 20.0. The van der Waals surface area contributed by atoms with E-state index in [1.165, 1.54) is 0 Å². The van der Waals surface area contributed by atoms with Gasteiger partial charge in [0.2, 0.25) is 0 Å². The van der Waals surface area contributed by atoms with Gasteiger partial charge in [0.15, 0.2) is 12.2 Å². The molecule has 6 nitrogen and oxygen atoms in total. The van der Waals surface area contributed by atoms with E-state index in [1.807, 2.05) is 0 Å². The van der Waals surface area contributed by atoms with Crippen molar-refractivity contribution < 1.29 is 29.3 Å². The summed E-state index contributed by atoms with van der Waals surface area (Å²) in [5.74, 6) is 0.517. The molecule has 9 atom stereocenters. The summed E-state index contributed by atoms with van der Waals surface area (Å²) >= 11 is 0. The number of ether oxygens (including phenoxy) is 2. The predicted octanol–water partition coefficient (Wildman–Crippen LogP) is 3.72. The number of rotatable bonds is 6. The van der Waals surface area contributed by atoms with Crippen LogP contribution < -0.4 is 0 Å². The Morgan fingerprint density at radius 2 is 1.39 bits per heavy atom. The van der Waals surface area contributed by atoms with E-state index in [9.17, 15) is 19.8 Å². The van der Waals surface area contributed by atoms with Gasteiger partial charge >= 0.3 is 11.9 Å². The van der Waals surface area contributed by atoms with Gasteiger partial charge in [0.05, 0.1) is 0 Å². The molecule has 2 N–H and O–H groups in total. The molecule has 2 unspecified atom stereocenters. The molecule has 0 aromatic heterocycles. The van der Waals surface area contributed by atoms with E-state index >= 15 is 0 Å². The highest BCUT2D eigenvalue weighted by Crippen LogP contribution is 2.67. The van der Waals surface area contributed by atoms with Crippen LogP contribution >= 0.6 is 0 Å². The molecule has 0 heterocycles. The van der Waals surface area contributed by atoms with Crippen molar-refractivity contribution in [3.8, 4) is 0 Å². The lowest BCUT2D eigenvalue weighted by atomic mass is 9.75. The summed E-state index contributed by atoms with van der Waals surface area (Å²) in [7, 11) is 0. The van der Waals surface area contributed by atoms with Crippen molar-refractivity contribution in [2.24, 2.45) is 40.9 Å². The third-order valence-corrected chi connectivity index (χ3v) is 8.89. The molecular weight excluding hydrogens is 396 g/mol. The second-order valence-corrected chi connectivity index (χ2v) is 11.2. The number of carbonyl (C=O) groups is 2. The van der Waals surface area contributed by atoms with Gasteiger partial charge in [-0.05, 0) is 67.6 Å². The Labute approximate surface area is 187 Å². The first-order valence-electron chi connectivity index (χ1n) is 12.3. The molecule has 3 aliphatic carbocycles. The molecule has 31 heavy (non-hydrogen) atoms. The molecule has 0 amide bonds. The topological polar surface area (TPSA) is 93.1 Å². The highest BCUT2D eigenvalue weighted by atomic mass is 16.6. The van der Waals surface area contributed by atoms with E-state index in [0.717, 1.165) is 38.5 Å². The summed E-state index contributed by atoms with van der Waals surface area (Å²) in [6, 6.07) is 0. The summed E-state index contributed by atoms with van der Waals surface area (Å²) in [5, 5.41) is 20.8. The number of aliphatic hydroxyl groups is 2. The van der Waals surface area contributed by atoms with Crippen molar-refractivity contribution in [1.29, 1.82) is 0 Å². The van der Waals surface area contributed by atoms with Crippen molar-refractivity contribution in [2.75, 3.05) is 0 Å². The zero-order valence-electron chi connectivity index (χ0n) is 20.0. The minimum absolute atomic E-state index is 0.0317. The number of esters is 2. The monoisotopic (exact) mass is 438 g/mol.